The topological polar surface area (TPSA) is 69.4 Å². The Labute approximate surface area is 106 Å². The maximum Gasteiger partial charge on any atom is 0.349 e. The summed E-state index contributed by atoms with van der Waals surface area (Å²) in [5.74, 6) is -1.80. The van der Waals surface area contributed by atoms with Gasteiger partial charge in [-0.15, -0.1) is 11.3 Å². The standard InChI is InChI=1S/C12H10FNO3S/c1-6(11(14)15)17-12(16)10-5-7-8(13)3-2-4-9(7)18-10/h2-6H,1H3,(H2,14,15)/t6-/m1/s1. The number of benzene rings is 1. The lowest BCUT2D eigenvalue weighted by atomic mass is 10.2. The summed E-state index contributed by atoms with van der Waals surface area (Å²) in [7, 11) is 0. The first-order valence-corrected chi connectivity index (χ1v) is 5.99. The number of hydrogen-bond donors (Lipinski definition) is 1. The van der Waals surface area contributed by atoms with Gasteiger partial charge in [-0.2, -0.15) is 0 Å². The summed E-state index contributed by atoms with van der Waals surface area (Å²) in [6.45, 7) is 1.38. The van der Waals surface area contributed by atoms with Crippen LogP contribution in [0, 0.1) is 5.82 Å². The van der Waals surface area contributed by atoms with Gasteiger partial charge in [0.05, 0.1) is 0 Å². The zero-order valence-electron chi connectivity index (χ0n) is 9.48. The summed E-state index contributed by atoms with van der Waals surface area (Å²) >= 11 is 1.11. The molecule has 0 saturated heterocycles. The lowest BCUT2D eigenvalue weighted by Crippen LogP contribution is -2.30. The lowest BCUT2D eigenvalue weighted by Gasteiger charge is -2.07. The maximum atomic E-state index is 13.4. The van der Waals surface area contributed by atoms with Crippen LogP contribution in [-0.2, 0) is 9.53 Å². The van der Waals surface area contributed by atoms with Gasteiger partial charge < -0.3 is 10.5 Å². The van der Waals surface area contributed by atoms with Crippen LogP contribution in [0.3, 0.4) is 0 Å². The van der Waals surface area contributed by atoms with Crippen molar-refractivity contribution in [3.8, 4) is 0 Å². The number of rotatable bonds is 3. The second kappa shape index (κ2) is 4.73. The summed E-state index contributed by atoms with van der Waals surface area (Å²) in [5.41, 5.74) is 4.99. The number of ether oxygens (including phenoxy) is 1. The van der Waals surface area contributed by atoms with Crippen LogP contribution in [0.2, 0.25) is 0 Å². The van der Waals surface area contributed by atoms with Crippen molar-refractivity contribution in [2.75, 3.05) is 0 Å². The van der Waals surface area contributed by atoms with Gasteiger partial charge in [-0.05, 0) is 25.1 Å². The summed E-state index contributed by atoms with van der Waals surface area (Å²) < 4.78 is 18.9. The Morgan fingerprint density at radius 3 is 2.78 bits per heavy atom. The molecule has 1 aromatic carbocycles. The van der Waals surface area contributed by atoms with Crippen molar-refractivity contribution in [3.05, 3.63) is 35.0 Å². The number of carbonyl (C=O) groups excluding carboxylic acids is 2. The Morgan fingerprint density at radius 1 is 1.44 bits per heavy atom. The van der Waals surface area contributed by atoms with E-state index in [0.717, 1.165) is 11.3 Å². The third kappa shape index (κ3) is 2.33. The number of carbonyl (C=O) groups is 2. The van der Waals surface area contributed by atoms with Crippen molar-refractivity contribution < 1.29 is 18.7 Å². The van der Waals surface area contributed by atoms with Crippen LogP contribution in [-0.4, -0.2) is 18.0 Å². The van der Waals surface area contributed by atoms with Crippen LogP contribution in [0.5, 0.6) is 0 Å². The monoisotopic (exact) mass is 267 g/mol. The third-order valence-corrected chi connectivity index (χ3v) is 3.47. The molecule has 2 aromatic rings. The van der Waals surface area contributed by atoms with Gasteiger partial charge in [0.25, 0.3) is 5.91 Å². The quantitative estimate of drug-likeness (QED) is 0.865. The minimum atomic E-state index is -1.01. The SMILES string of the molecule is C[C@@H](OC(=O)c1cc2c(F)cccc2s1)C(N)=O. The zero-order chi connectivity index (χ0) is 13.3. The second-order valence-corrected chi connectivity index (χ2v) is 4.80. The molecule has 4 nitrogen and oxygen atoms in total. The van der Waals surface area contributed by atoms with E-state index in [9.17, 15) is 14.0 Å². The maximum absolute atomic E-state index is 13.4. The molecule has 0 saturated carbocycles. The van der Waals surface area contributed by atoms with Gasteiger partial charge in [0.1, 0.15) is 10.7 Å². The molecule has 0 fully saturated rings. The van der Waals surface area contributed by atoms with Crippen LogP contribution in [0.1, 0.15) is 16.6 Å². The average Bonchev–Trinajstić information content (AvgIpc) is 2.74. The van der Waals surface area contributed by atoms with E-state index in [0.29, 0.717) is 10.1 Å². The average molecular weight is 267 g/mol. The second-order valence-electron chi connectivity index (χ2n) is 3.71. The molecule has 2 N–H and O–H groups in total. The molecule has 18 heavy (non-hydrogen) atoms. The Hall–Kier alpha value is -1.95. The summed E-state index contributed by atoms with van der Waals surface area (Å²) in [5, 5.41) is 0.362. The molecule has 0 bridgehead atoms. The molecular weight excluding hydrogens is 257 g/mol. The molecule has 1 atom stereocenters. The largest absolute Gasteiger partial charge is 0.448 e. The number of nitrogens with two attached hydrogens (primary N) is 1. The molecule has 0 unspecified atom stereocenters. The Bertz CT molecular complexity index is 623. The van der Waals surface area contributed by atoms with Crippen molar-refractivity contribution >= 4 is 33.3 Å². The van der Waals surface area contributed by atoms with Gasteiger partial charge in [0.15, 0.2) is 6.10 Å². The van der Waals surface area contributed by atoms with Crippen LogP contribution in [0.15, 0.2) is 24.3 Å². The number of fused-ring (bicyclic) bond motifs is 1. The highest BCUT2D eigenvalue weighted by atomic mass is 32.1. The van der Waals surface area contributed by atoms with E-state index in [1.807, 2.05) is 0 Å². The van der Waals surface area contributed by atoms with E-state index in [1.165, 1.54) is 19.1 Å². The Balaban J connectivity index is 2.29. The highest BCUT2D eigenvalue weighted by Gasteiger charge is 2.18. The number of thiophene rings is 1. The Kier molecular flexibility index (Phi) is 3.29. The predicted octanol–water partition coefficient (Wildman–Crippen LogP) is 2.07. The first-order valence-electron chi connectivity index (χ1n) is 5.17. The lowest BCUT2D eigenvalue weighted by molar-refractivity contribution is -0.125. The van der Waals surface area contributed by atoms with Gasteiger partial charge >= 0.3 is 5.97 Å². The first kappa shape index (κ1) is 12.5. The zero-order valence-corrected chi connectivity index (χ0v) is 10.3. The summed E-state index contributed by atoms with van der Waals surface area (Å²) in [6.07, 6.45) is -1.01. The number of esters is 1. The molecule has 0 aliphatic carbocycles. The van der Waals surface area contributed by atoms with Crippen molar-refractivity contribution in [1.29, 1.82) is 0 Å². The molecule has 0 aliphatic rings. The fourth-order valence-electron chi connectivity index (χ4n) is 1.40. The van der Waals surface area contributed by atoms with E-state index in [1.54, 1.807) is 12.1 Å². The predicted molar refractivity (Wildman–Crippen MR) is 65.9 cm³/mol. The first-order chi connectivity index (χ1) is 8.49. The van der Waals surface area contributed by atoms with Gasteiger partial charge in [0.2, 0.25) is 0 Å². The highest BCUT2D eigenvalue weighted by Crippen LogP contribution is 2.28. The van der Waals surface area contributed by atoms with Gasteiger partial charge in [-0.3, -0.25) is 4.79 Å². The number of primary amides is 1. The molecule has 0 aliphatic heterocycles. The van der Waals surface area contributed by atoms with Gasteiger partial charge in [-0.1, -0.05) is 6.07 Å². The molecule has 2 rings (SSSR count). The molecule has 94 valence electrons. The minimum absolute atomic E-state index is 0.239. The van der Waals surface area contributed by atoms with E-state index < -0.39 is 23.8 Å². The molecule has 1 aromatic heterocycles. The van der Waals surface area contributed by atoms with Crippen LogP contribution >= 0.6 is 11.3 Å². The number of hydrogen-bond acceptors (Lipinski definition) is 4. The van der Waals surface area contributed by atoms with Crippen molar-refractivity contribution in [2.45, 2.75) is 13.0 Å². The third-order valence-electron chi connectivity index (χ3n) is 2.39. The number of halogens is 1. The molecule has 6 heteroatoms. The fraction of sp³-hybridized carbons (Fsp3) is 0.167. The molecule has 1 heterocycles. The fourth-order valence-corrected chi connectivity index (χ4v) is 2.36. The van der Waals surface area contributed by atoms with E-state index >= 15 is 0 Å². The van der Waals surface area contributed by atoms with Crippen LogP contribution in [0.25, 0.3) is 10.1 Å². The van der Waals surface area contributed by atoms with Gasteiger partial charge in [-0.25, -0.2) is 9.18 Å². The molecule has 0 radical (unpaired) electrons. The van der Waals surface area contributed by atoms with Crippen LogP contribution < -0.4 is 5.73 Å². The highest BCUT2D eigenvalue weighted by molar-refractivity contribution is 7.20. The van der Waals surface area contributed by atoms with Crippen molar-refractivity contribution in [3.63, 3.8) is 0 Å². The molecular formula is C12H10FNO3S. The van der Waals surface area contributed by atoms with Crippen LogP contribution in [0.4, 0.5) is 4.39 Å². The van der Waals surface area contributed by atoms with E-state index in [4.69, 9.17) is 10.5 Å². The van der Waals surface area contributed by atoms with Crippen molar-refractivity contribution in [2.24, 2.45) is 5.73 Å². The minimum Gasteiger partial charge on any atom is -0.448 e. The van der Waals surface area contributed by atoms with Crippen molar-refractivity contribution in [1.82, 2.24) is 0 Å². The number of amides is 1. The van der Waals surface area contributed by atoms with E-state index in [2.05, 4.69) is 0 Å². The normalized spacial score (nSPS) is 12.3. The van der Waals surface area contributed by atoms with E-state index in [-0.39, 0.29) is 4.88 Å². The smallest absolute Gasteiger partial charge is 0.349 e. The molecule has 1 amide bonds. The Morgan fingerprint density at radius 2 is 2.17 bits per heavy atom. The van der Waals surface area contributed by atoms with Gasteiger partial charge in [0, 0.05) is 10.1 Å². The summed E-state index contributed by atoms with van der Waals surface area (Å²) in [6, 6.07) is 5.99. The molecule has 0 spiro atoms. The summed E-state index contributed by atoms with van der Waals surface area (Å²) in [4.78, 5) is 22.7.